The second kappa shape index (κ2) is 9.37. The summed E-state index contributed by atoms with van der Waals surface area (Å²) in [5, 5.41) is 19.4. The zero-order chi connectivity index (χ0) is 21.5. The van der Waals surface area contributed by atoms with Crippen LogP contribution in [0.15, 0.2) is 46.9 Å². The Morgan fingerprint density at radius 3 is 2.60 bits per heavy atom. The van der Waals surface area contributed by atoms with Gasteiger partial charge in [-0.05, 0) is 37.3 Å². The number of aromatic nitrogens is 2. The number of aryl methyl sites for hydroxylation is 1. The quantitative estimate of drug-likeness (QED) is 0.274. The van der Waals surface area contributed by atoms with Gasteiger partial charge in [-0.3, -0.25) is 14.9 Å². The monoisotopic (exact) mass is 412 g/mol. The Hall–Kier alpha value is -4.15. The summed E-state index contributed by atoms with van der Waals surface area (Å²) in [6.45, 7) is 2.43. The number of hydrogen-bond acceptors (Lipinski definition) is 9. The molecule has 2 aromatic heterocycles. The average Bonchev–Trinajstić information content (AvgIpc) is 3.22. The number of nitro groups is 1. The lowest BCUT2D eigenvalue weighted by molar-refractivity contribution is -0.402. The molecule has 0 atom stereocenters. The number of rotatable bonds is 9. The fourth-order valence-corrected chi connectivity index (χ4v) is 2.52. The average molecular weight is 412 g/mol. The molecule has 0 aliphatic carbocycles. The minimum Gasteiger partial charge on any atom is -0.497 e. The number of hydrogen-bond donors (Lipinski definition) is 3. The Morgan fingerprint density at radius 2 is 1.93 bits per heavy atom. The summed E-state index contributed by atoms with van der Waals surface area (Å²) in [5.41, 5.74) is 1.61. The van der Waals surface area contributed by atoms with Gasteiger partial charge in [0, 0.05) is 30.5 Å². The molecular weight excluding hydrogens is 392 g/mol. The molecule has 0 saturated heterocycles. The van der Waals surface area contributed by atoms with Crippen molar-refractivity contribution >= 4 is 29.2 Å². The van der Waals surface area contributed by atoms with Gasteiger partial charge in [0.05, 0.1) is 13.2 Å². The predicted molar refractivity (Wildman–Crippen MR) is 109 cm³/mol. The molecule has 0 unspecified atom stereocenters. The fraction of sp³-hybridized carbons (Fsp3) is 0.211. The summed E-state index contributed by atoms with van der Waals surface area (Å²) in [7, 11) is 1.61. The molecule has 156 valence electrons. The molecule has 3 N–H and O–H groups in total. The lowest BCUT2D eigenvalue weighted by Crippen LogP contribution is -2.28. The highest BCUT2D eigenvalue weighted by Crippen LogP contribution is 2.20. The van der Waals surface area contributed by atoms with E-state index in [1.807, 2.05) is 31.2 Å². The van der Waals surface area contributed by atoms with Gasteiger partial charge in [-0.1, -0.05) is 0 Å². The summed E-state index contributed by atoms with van der Waals surface area (Å²) >= 11 is 0. The fourth-order valence-electron chi connectivity index (χ4n) is 2.52. The first kappa shape index (κ1) is 20.6. The maximum atomic E-state index is 11.9. The Kier molecular flexibility index (Phi) is 6.42. The molecule has 11 nitrogen and oxygen atoms in total. The number of methoxy groups -OCH3 is 1. The summed E-state index contributed by atoms with van der Waals surface area (Å²) < 4.78 is 9.99. The number of benzene rings is 1. The predicted octanol–water partition coefficient (Wildman–Crippen LogP) is 2.88. The Morgan fingerprint density at radius 1 is 1.17 bits per heavy atom. The van der Waals surface area contributed by atoms with E-state index in [2.05, 4.69) is 25.9 Å². The summed E-state index contributed by atoms with van der Waals surface area (Å²) in [6, 6.07) is 11.6. The highest BCUT2D eigenvalue weighted by Gasteiger charge is 2.16. The standard InChI is InChI=1S/C19H20N6O5/c1-12-11-16(23-13-3-5-14(29-2)6-4-13)24-19(22-12)21-10-9-20-18(26)15-7-8-17(30-15)25(27)28/h3-8,11H,9-10H2,1-2H3,(H,20,26)(H2,21,22,23,24). The van der Waals surface area contributed by atoms with Gasteiger partial charge in [-0.2, -0.15) is 4.98 Å². The molecule has 3 rings (SSSR count). The third-order valence-electron chi connectivity index (χ3n) is 3.91. The zero-order valence-electron chi connectivity index (χ0n) is 16.3. The van der Waals surface area contributed by atoms with Crippen LogP contribution >= 0.6 is 0 Å². The van der Waals surface area contributed by atoms with Crippen LogP contribution in [0.1, 0.15) is 16.2 Å². The summed E-state index contributed by atoms with van der Waals surface area (Å²) in [4.78, 5) is 30.5. The van der Waals surface area contributed by atoms with Gasteiger partial charge in [-0.15, -0.1) is 0 Å². The number of carbonyl (C=O) groups excluding carboxylic acids is 1. The maximum absolute atomic E-state index is 11.9. The summed E-state index contributed by atoms with van der Waals surface area (Å²) in [6.07, 6.45) is 0. The van der Waals surface area contributed by atoms with E-state index in [1.165, 1.54) is 6.07 Å². The molecule has 30 heavy (non-hydrogen) atoms. The number of anilines is 3. The molecule has 0 fully saturated rings. The van der Waals surface area contributed by atoms with Crippen molar-refractivity contribution < 1.29 is 18.9 Å². The Bertz CT molecular complexity index is 1030. The van der Waals surface area contributed by atoms with Gasteiger partial charge in [0.25, 0.3) is 5.91 Å². The van der Waals surface area contributed by atoms with Gasteiger partial charge < -0.3 is 25.1 Å². The third-order valence-corrected chi connectivity index (χ3v) is 3.91. The van der Waals surface area contributed by atoms with Crippen molar-refractivity contribution in [2.75, 3.05) is 30.8 Å². The molecule has 11 heteroatoms. The SMILES string of the molecule is COc1ccc(Nc2cc(C)nc(NCCNC(=O)c3ccc([N+](=O)[O-])o3)n2)cc1. The van der Waals surface area contributed by atoms with Gasteiger partial charge >= 0.3 is 5.88 Å². The molecule has 0 aliphatic heterocycles. The maximum Gasteiger partial charge on any atom is 0.433 e. The van der Waals surface area contributed by atoms with Crippen molar-refractivity contribution in [3.63, 3.8) is 0 Å². The van der Waals surface area contributed by atoms with Crippen molar-refractivity contribution in [3.05, 3.63) is 64.0 Å². The smallest absolute Gasteiger partial charge is 0.433 e. The minimum absolute atomic E-state index is 0.125. The van der Waals surface area contributed by atoms with E-state index in [-0.39, 0.29) is 12.3 Å². The highest BCUT2D eigenvalue weighted by molar-refractivity contribution is 5.91. The van der Waals surface area contributed by atoms with Crippen LogP contribution < -0.4 is 20.7 Å². The number of ether oxygens (including phenoxy) is 1. The molecule has 0 aliphatic rings. The molecular formula is C19H20N6O5. The van der Waals surface area contributed by atoms with Crippen LogP contribution in [-0.2, 0) is 0 Å². The first-order valence-electron chi connectivity index (χ1n) is 8.97. The van der Waals surface area contributed by atoms with E-state index in [0.717, 1.165) is 23.2 Å². The lowest BCUT2D eigenvalue weighted by Gasteiger charge is -2.10. The van der Waals surface area contributed by atoms with Crippen molar-refractivity contribution in [3.8, 4) is 5.75 Å². The van der Waals surface area contributed by atoms with Crippen molar-refractivity contribution in [2.24, 2.45) is 0 Å². The van der Waals surface area contributed by atoms with Crippen LogP contribution in [0.2, 0.25) is 0 Å². The van der Waals surface area contributed by atoms with Crippen molar-refractivity contribution in [1.29, 1.82) is 0 Å². The number of amides is 1. The molecule has 2 heterocycles. The highest BCUT2D eigenvalue weighted by atomic mass is 16.6. The van der Waals surface area contributed by atoms with E-state index in [1.54, 1.807) is 13.2 Å². The van der Waals surface area contributed by atoms with Crippen LogP contribution in [0.25, 0.3) is 0 Å². The zero-order valence-corrected chi connectivity index (χ0v) is 16.3. The summed E-state index contributed by atoms with van der Waals surface area (Å²) in [5.74, 6) is 0.615. The van der Waals surface area contributed by atoms with Gasteiger partial charge in [-0.25, -0.2) is 4.98 Å². The van der Waals surface area contributed by atoms with E-state index < -0.39 is 16.7 Å². The second-order valence-electron chi connectivity index (χ2n) is 6.15. The first-order chi connectivity index (χ1) is 14.4. The van der Waals surface area contributed by atoms with Crippen LogP contribution in [0.3, 0.4) is 0 Å². The molecule has 0 spiro atoms. The van der Waals surface area contributed by atoms with E-state index >= 15 is 0 Å². The van der Waals surface area contributed by atoms with Crippen LogP contribution in [-0.4, -0.2) is 41.0 Å². The van der Waals surface area contributed by atoms with Gasteiger partial charge in [0.1, 0.15) is 16.5 Å². The van der Waals surface area contributed by atoms with Gasteiger partial charge in [0.2, 0.25) is 5.95 Å². The largest absolute Gasteiger partial charge is 0.497 e. The Labute approximate surface area is 171 Å². The topological polar surface area (TPSA) is 144 Å². The third kappa shape index (κ3) is 5.44. The van der Waals surface area contributed by atoms with Crippen LogP contribution in [0.5, 0.6) is 5.75 Å². The lowest BCUT2D eigenvalue weighted by atomic mass is 10.3. The van der Waals surface area contributed by atoms with E-state index in [4.69, 9.17) is 9.15 Å². The van der Waals surface area contributed by atoms with Crippen LogP contribution in [0, 0.1) is 17.0 Å². The molecule has 3 aromatic rings. The van der Waals surface area contributed by atoms with E-state index in [9.17, 15) is 14.9 Å². The molecule has 1 aromatic carbocycles. The van der Waals surface area contributed by atoms with Crippen LogP contribution in [0.4, 0.5) is 23.3 Å². The van der Waals surface area contributed by atoms with Gasteiger partial charge in [0.15, 0.2) is 5.76 Å². The number of nitrogens with one attached hydrogen (secondary N) is 3. The molecule has 0 bridgehead atoms. The molecule has 1 amide bonds. The molecule has 0 radical (unpaired) electrons. The molecule has 0 saturated carbocycles. The van der Waals surface area contributed by atoms with E-state index in [0.29, 0.717) is 18.3 Å². The van der Waals surface area contributed by atoms with Crippen molar-refractivity contribution in [1.82, 2.24) is 15.3 Å². The van der Waals surface area contributed by atoms with Crippen molar-refractivity contribution in [2.45, 2.75) is 6.92 Å². The normalized spacial score (nSPS) is 10.3. The first-order valence-corrected chi connectivity index (χ1v) is 8.97. The Balaban J connectivity index is 1.52. The second-order valence-corrected chi connectivity index (χ2v) is 6.15. The minimum atomic E-state index is -0.703. The number of nitrogens with zero attached hydrogens (tertiary/aromatic N) is 3. The number of furan rings is 1. The number of carbonyl (C=O) groups is 1.